The zero-order valence-electron chi connectivity index (χ0n) is 14.4. The maximum atomic E-state index is 5.54. The van der Waals surface area contributed by atoms with Crippen LogP contribution in [-0.2, 0) is 4.74 Å². The van der Waals surface area contributed by atoms with Crippen LogP contribution in [0, 0.1) is 0 Å². The van der Waals surface area contributed by atoms with Gasteiger partial charge in [0.2, 0.25) is 0 Å². The predicted octanol–water partition coefficient (Wildman–Crippen LogP) is 2.17. The quantitative estimate of drug-likeness (QED) is 0.427. The molecule has 22 heavy (non-hydrogen) atoms. The molecule has 0 unspecified atom stereocenters. The third kappa shape index (κ3) is 5.23. The Morgan fingerprint density at radius 2 is 1.82 bits per heavy atom. The van der Waals surface area contributed by atoms with Crippen LogP contribution in [-0.4, -0.2) is 74.8 Å². The zero-order chi connectivity index (χ0) is 15.1. The molecule has 0 aromatic heterocycles. The topological polar surface area (TPSA) is 40.1 Å². The van der Waals surface area contributed by atoms with Crippen molar-refractivity contribution >= 4 is 29.9 Å². The molecule has 0 radical (unpaired) electrons. The molecule has 1 aliphatic heterocycles. The van der Waals surface area contributed by atoms with Crippen LogP contribution in [0.3, 0.4) is 0 Å². The summed E-state index contributed by atoms with van der Waals surface area (Å²) >= 11 is 0. The van der Waals surface area contributed by atoms with Gasteiger partial charge in [-0.3, -0.25) is 9.89 Å². The van der Waals surface area contributed by atoms with Crippen molar-refractivity contribution in [2.24, 2.45) is 4.99 Å². The molecule has 1 heterocycles. The van der Waals surface area contributed by atoms with Crippen LogP contribution in [0.5, 0.6) is 0 Å². The lowest BCUT2D eigenvalue weighted by Gasteiger charge is -2.47. The molecule has 1 saturated heterocycles. The fourth-order valence-electron chi connectivity index (χ4n) is 3.56. The van der Waals surface area contributed by atoms with Crippen molar-refractivity contribution in [3.05, 3.63) is 0 Å². The van der Waals surface area contributed by atoms with E-state index in [1.165, 1.54) is 32.1 Å². The van der Waals surface area contributed by atoms with E-state index < -0.39 is 0 Å². The summed E-state index contributed by atoms with van der Waals surface area (Å²) in [7, 11) is 4.12. The van der Waals surface area contributed by atoms with Gasteiger partial charge in [-0.1, -0.05) is 19.3 Å². The SMILES string of the molecule is CCNC(=NCC1(N2CCOCC2)CCCCC1)N(C)C.I. The molecule has 6 heteroatoms. The first-order valence-corrected chi connectivity index (χ1v) is 8.46. The van der Waals surface area contributed by atoms with Gasteiger partial charge in [-0.05, 0) is 19.8 Å². The van der Waals surface area contributed by atoms with Crippen LogP contribution in [0.15, 0.2) is 4.99 Å². The number of nitrogens with zero attached hydrogens (tertiary/aromatic N) is 3. The molecule has 0 amide bonds. The fraction of sp³-hybridized carbons (Fsp3) is 0.938. The summed E-state index contributed by atoms with van der Waals surface area (Å²) in [5.74, 6) is 1.01. The summed E-state index contributed by atoms with van der Waals surface area (Å²) in [5.41, 5.74) is 0.263. The highest BCUT2D eigenvalue weighted by Crippen LogP contribution is 2.34. The Hall–Kier alpha value is -0.0800. The Bertz CT molecular complexity index is 337. The average Bonchev–Trinajstić information content (AvgIpc) is 2.53. The molecule has 5 nitrogen and oxygen atoms in total. The van der Waals surface area contributed by atoms with Gasteiger partial charge < -0.3 is 15.0 Å². The maximum absolute atomic E-state index is 5.54. The van der Waals surface area contributed by atoms with E-state index in [9.17, 15) is 0 Å². The van der Waals surface area contributed by atoms with Crippen LogP contribution in [0.1, 0.15) is 39.0 Å². The summed E-state index contributed by atoms with van der Waals surface area (Å²) in [6.07, 6.45) is 6.62. The lowest BCUT2D eigenvalue weighted by molar-refractivity contribution is -0.0334. The molecule has 2 aliphatic rings. The monoisotopic (exact) mass is 424 g/mol. The highest BCUT2D eigenvalue weighted by atomic mass is 127. The average molecular weight is 424 g/mol. The minimum absolute atomic E-state index is 0. The second-order valence-electron chi connectivity index (χ2n) is 6.45. The Kier molecular flexibility index (Phi) is 9.01. The lowest BCUT2D eigenvalue weighted by atomic mass is 9.80. The van der Waals surface area contributed by atoms with E-state index in [0.717, 1.165) is 45.4 Å². The van der Waals surface area contributed by atoms with E-state index in [0.29, 0.717) is 0 Å². The van der Waals surface area contributed by atoms with Crippen molar-refractivity contribution in [1.29, 1.82) is 0 Å². The van der Waals surface area contributed by atoms with Crippen molar-refractivity contribution < 1.29 is 4.74 Å². The van der Waals surface area contributed by atoms with Crippen LogP contribution in [0.2, 0.25) is 0 Å². The minimum atomic E-state index is 0. The molecule has 0 atom stereocenters. The van der Waals surface area contributed by atoms with Crippen LogP contribution in [0.25, 0.3) is 0 Å². The Labute approximate surface area is 152 Å². The molecular weight excluding hydrogens is 391 g/mol. The van der Waals surface area contributed by atoms with Gasteiger partial charge in [0.05, 0.1) is 19.8 Å². The van der Waals surface area contributed by atoms with Crippen LogP contribution in [0.4, 0.5) is 0 Å². The second kappa shape index (κ2) is 9.93. The number of morpholine rings is 1. The summed E-state index contributed by atoms with van der Waals surface area (Å²) in [5, 5.41) is 3.37. The fourth-order valence-corrected chi connectivity index (χ4v) is 3.56. The molecule has 0 aromatic rings. The van der Waals surface area contributed by atoms with Gasteiger partial charge in [-0.25, -0.2) is 0 Å². The largest absolute Gasteiger partial charge is 0.379 e. The molecule has 1 saturated carbocycles. The van der Waals surface area contributed by atoms with Gasteiger partial charge in [0.25, 0.3) is 0 Å². The third-order valence-corrected chi connectivity index (χ3v) is 4.75. The number of rotatable bonds is 4. The maximum Gasteiger partial charge on any atom is 0.193 e. The summed E-state index contributed by atoms with van der Waals surface area (Å²) in [6, 6.07) is 0. The van der Waals surface area contributed by atoms with Crippen molar-refractivity contribution in [2.75, 3.05) is 53.5 Å². The number of hydrogen-bond donors (Lipinski definition) is 1. The summed E-state index contributed by atoms with van der Waals surface area (Å²) in [4.78, 5) is 9.67. The molecule has 0 spiro atoms. The zero-order valence-corrected chi connectivity index (χ0v) is 16.8. The highest BCUT2D eigenvalue weighted by molar-refractivity contribution is 14.0. The van der Waals surface area contributed by atoms with Crippen molar-refractivity contribution in [2.45, 2.75) is 44.6 Å². The van der Waals surface area contributed by atoms with Crippen molar-refractivity contribution in [1.82, 2.24) is 15.1 Å². The lowest BCUT2D eigenvalue weighted by Crippen LogP contribution is -2.56. The van der Waals surface area contributed by atoms with E-state index in [1.807, 2.05) is 0 Å². The van der Waals surface area contributed by atoms with Gasteiger partial charge in [-0.15, -0.1) is 24.0 Å². The molecule has 130 valence electrons. The van der Waals surface area contributed by atoms with Crippen molar-refractivity contribution in [3.8, 4) is 0 Å². The molecule has 0 aromatic carbocycles. The molecule has 0 bridgehead atoms. The van der Waals surface area contributed by atoms with Gasteiger partial charge in [0.1, 0.15) is 0 Å². The predicted molar refractivity (Wildman–Crippen MR) is 103 cm³/mol. The Balaban J connectivity index is 0.00000242. The summed E-state index contributed by atoms with van der Waals surface area (Å²) < 4.78 is 5.54. The van der Waals surface area contributed by atoms with E-state index in [4.69, 9.17) is 9.73 Å². The number of halogens is 1. The Morgan fingerprint density at radius 3 is 2.36 bits per heavy atom. The first-order valence-electron chi connectivity index (χ1n) is 8.46. The number of hydrogen-bond acceptors (Lipinski definition) is 3. The van der Waals surface area contributed by atoms with Crippen LogP contribution >= 0.6 is 24.0 Å². The standard InChI is InChI=1S/C16H32N4O.HI/c1-4-17-15(19(2)3)18-14-16(8-6-5-7-9-16)20-10-12-21-13-11-20;/h4-14H2,1-3H3,(H,17,18);1H. The first kappa shape index (κ1) is 20.0. The van der Waals surface area contributed by atoms with Gasteiger partial charge >= 0.3 is 0 Å². The number of nitrogens with one attached hydrogen (secondary N) is 1. The van der Waals surface area contributed by atoms with E-state index >= 15 is 0 Å². The van der Waals surface area contributed by atoms with Gasteiger partial charge in [0.15, 0.2) is 5.96 Å². The minimum Gasteiger partial charge on any atom is -0.379 e. The molecule has 1 aliphatic carbocycles. The smallest absolute Gasteiger partial charge is 0.193 e. The molecule has 2 fully saturated rings. The Morgan fingerprint density at radius 1 is 1.18 bits per heavy atom. The summed E-state index contributed by atoms with van der Waals surface area (Å²) in [6.45, 7) is 7.83. The highest BCUT2D eigenvalue weighted by Gasteiger charge is 2.38. The molecule has 1 N–H and O–H groups in total. The second-order valence-corrected chi connectivity index (χ2v) is 6.45. The van der Waals surface area contributed by atoms with E-state index in [-0.39, 0.29) is 29.5 Å². The molecular formula is C16H33IN4O. The van der Waals surface area contributed by atoms with E-state index in [1.54, 1.807) is 0 Å². The van der Waals surface area contributed by atoms with Crippen LogP contribution < -0.4 is 5.32 Å². The van der Waals surface area contributed by atoms with Gasteiger partial charge in [0, 0.05) is 39.3 Å². The molecule has 2 rings (SSSR count). The third-order valence-electron chi connectivity index (χ3n) is 4.75. The number of ether oxygens (including phenoxy) is 1. The van der Waals surface area contributed by atoms with E-state index in [2.05, 4.69) is 36.1 Å². The first-order chi connectivity index (χ1) is 10.2. The normalized spacial score (nSPS) is 22.8. The van der Waals surface area contributed by atoms with Gasteiger partial charge in [-0.2, -0.15) is 0 Å². The van der Waals surface area contributed by atoms with Crippen molar-refractivity contribution in [3.63, 3.8) is 0 Å². The number of guanidine groups is 1. The number of aliphatic imine (C=N–C) groups is 1.